The first-order valence-electron chi connectivity index (χ1n) is 8.74. The summed E-state index contributed by atoms with van der Waals surface area (Å²) in [6.07, 6.45) is 2.66. The molecule has 0 saturated carbocycles. The molecule has 0 bridgehead atoms. The van der Waals surface area contributed by atoms with E-state index < -0.39 is 0 Å². The average molecular weight is 387 g/mol. The van der Waals surface area contributed by atoms with Gasteiger partial charge in [-0.2, -0.15) is 4.98 Å². The first-order valence-corrected chi connectivity index (χ1v) is 9.73. The molecule has 8 nitrogen and oxygen atoms in total. The number of hydrogen-bond acceptors (Lipinski definition) is 7. The number of benzene rings is 1. The van der Waals surface area contributed by atoms with Gasteiger partial charge in [-0.05, 0) is 31.9 Å². The number of rotatable bonds is 9. The number of thioether (sulfide) groups is 1. The minimum Gasteiger partial charge on any atom is -0.370 e. The molecule has 9 heteroatoms. The number of hydrogen-bond donors (Lipinski definition) is 1. The second-order valence-electron chi connectivity index (χ2n) is 6.17. The Labute approximate surface area is 160 Å². The highest BCUT2D eigenvalue weighted by Crippen LogP contribution is 2.22. The fraction of sp³-hybridized carbons (Fsp3) is 0.389. The van der Waals surface area contributed by atoms with Crippen molar-refractivity contribution in [2.24, 2.45) is 5.73 Å². The fourth-order valence-electron chi connectivity index (χ4n) is 2.73. The molecule has 3 rings (SSSR count). The molecule has 2 N–H and O–H groups in total. The van der Waals surface area contributed by atoms with Crippen LogP contribution in [-0.4, -0.2) is 25.6 Å². The van der Waals surface area contributed by atoms with Crippen LogP contribution in [-0.2, 0) is 17.1 Å². The summed E-state index contributed by atoms with van der Waals surface area (Å²) in [5, 5.41) is 4.98. The Morgan fingerprint density at radius 2 is 2.04 bits per heavy atom. The van der Waals surface area contributed by atoms with E-state index in [-0.39, 0.29) is 11.5 Å². The highest BCUT2D eigenvalue weighted by Gasteiger charge is 2.13. The summed E-state index contributed by atoms with van der Waals surface area (Å²) in [5.74, 6) is 1.20. The third-order valence-corrected chi connectivity index (χ3v) is 4.99. The quantitative estimate of drug-likeness (QED) is 0.340. The maximum absolute atomic E-state index is 12.9. The Morgan fingerprint density at radius 1 is 1.22 bits per heavy atom. The minimum atomic E-state index is -0.300. The molecule has 3 aromatic rings. The van der Waals surface area contributed by atoms with Crippen molar-refractivity contribution in [3.05, 3.63) is 46.3 Å². The van der Waals surface area contributed by atoms with Crippen LogP contribution in [0, 0.1) is 6.92 Å². The van der Waals surface area contributed by atoms with E-state index in [0.717, 1.165) is 19.3 Å². The van der Waals surface area contributed by atoms with Gasteiger partial charge in [-0.3, -0.25) is 14.2 Å². The zero-order chi connectivity index (χ0) is 19.2. The Kier molecular flexibility index (Phi) is 6.23. The van der Waals surface area contributed by atoms with E-state index in [0.29, 0.717) is 46.5 Å². The summed E-state index contributed by atoms with van der Waals surface area (Å²) in [7, 11) is 0. The van der Waals surface area contributed by atoms with Crippen molar-refractivity contribution in [1.29, 1.82) is 0 Å². The molecule has 0 atom stereocenters. The number of nitrogens with zero attached hydrogens (tertiary/aromatic N) is 4. The number of amides is 1. The van der Waals surface area contributed by atoms with Gasteiger partial charge in [0.15, 0.2) is 11.0 Å². The minimum absolute atomic E-state index is 0.0697. The molecule has 0 fully saturated rings. The normalized spacial score (nSPS) is 11.1. The molecule has 1 aromatic carbocycles. The summed E-state index contributed by atoms with van der Waals surface area (Å²) in [5.41, 5.74) is 5.76. The number of carbonyl (C=O) groups is 1. The van der Waals surface area contributed by atoms with E-state index in [9.17, 15) is 9.59 Å². The number of carbonyl (C=O) groups excluding carboxylic acids is 1. The van der Waals surface area contributed by atoms with Crippen LogP contribution in [0.25, 0.3) is 10.9 Å². The summed E-state index contributed by atoms with van der Waals surface area (Å²) >= 11 is 1.39. The third-order valence-electron chi connectivity index (χ3n) is 4.03. The maximum Gasteiger partial charge on any atom is 0.262 e. The fourth-order valence-corrected chi connectivity index (χ4v) is 3.59. The summed E-state index contributed by atoms with van der Waals surface area (Å²) in [6.45, 7) is 2.29. The van der Waals surface area contributed by atoms with Gasteiger partial charge in [0.2, 0.25) is 11.8 Å². The molecule has 0 unspecified atom stereocenters. The van der Waals surface area contributed by atoms with Crippen LogP contribution in [0.5, 0.6) is 0 Å². The second-order valence-corrected chi connectivity index (χ2v) is 7.11. The largest absolute Gasteiger partial charge is 0.370 e. The van der Waals surface area contributed by atoms with Gasteiger partial charge in [-0.25, -0.2) is 4.98 Å². The molecule has 2 heterocycles. The first kappa shape index (κ1) is 19.1. The van der Waals surface area contributed by atoms with Gasteiger partial charge in [0.25, 0.3) is 5.56 Å². The van der Waals surface area contributed by atoms with E-state index in [1.807, 2.05) is 18.2 Å². The maximum atomic E-state index is 12.9. The number of nitrogens with two attached hydrogens (primary N) is 1. The smallest absolute Gasteiger partial charge is 0.262 e. The van der Waals surface area contributed by atoms with E-state index in [1.54, 1.807) is 17.6 Å². The van der Waals surface area contributed by atoms with Gasteiger partial charge >= 0.3 is 0 Å². The van der Waals surface area contributed by atoms with Crippen molar-refractivity contribution < 1.29 is 9.32 Å². The lowest BCUT2D eigenvalue weighted by atomic mass is 10.2. The highest BCUT2D eigenvalue weighted by molar-refractivity contribution is 7.98. The lowest BCUT2D eigenvalue weighted by Gasteiger charge is -2.12. The average Bonchev–Trinajstić information content (AvgIpc) is 3.06. The number of primary amides is 1. The molecule has 0 spiro atoms. The summed E-state index contributed by atoms with van der Waals surface area (Å²) in [6, 6.07) is 7.30. The Morgan fingerprint density at radius 3 is 2.78 bits per heavy atom. The zero-order valence-electron chi connectivity index (χ0n) is 15.1. The number of aromatic nitrogens is 4. The van der Waals surface area contributed by atoms with Crippen LogP contribution in [0.4, 0.5) is 0 Å². The van der Waals surface area contributed by atoms with Crippen molar-refractivity contribution in [1.82, 2.24) is 19.7 Å². The van der Waals surface area contributed by atoms with Gasteiger partial charge in [-0.1, -0.05) is 35.5 Å². The molecule has 142 valence electrons. The van der Waals surface area contributed by atoms with E-state index in [4.69, 9.17) is 10.3 Å². The van der Waals surface area contributed by atoms with Crippen LogP contribution >= 0.6 is 11.8 Å². The summed E-state index contributed by atoms with van der Waals surface area (Å²) in [4.78, 5) is 32.6. The predicted octanol–water partition coefficient (Wildman–Crippen LogP) is 2.43. The topological polar surface area (TPSA) is 117 Å². The predicted molar refractivity (Wildman–Crippen MR) is 102 cm³/mol. The van der Waals surface area contributed by atoms with Crippen LogP contribution < -0.4 is 11.3 Å². The van der Waals surface area contributed by atoms with Gasteiger partial charge in [0.05, 0.1) is 16.7 Å². The second kappa shape index (κ2) is 8.81. The van der Waals surface area contributed by atoms with Crippen molar-refractivity contribution in [3.63, 3.8) is 0 Å². The van der Waals surface area contributed by atoms with Crippen molar-refractivity contribution >= 4 is 28.6 Å². The number of unbranched alkanes of at least 4 members (excludes halogenated alkanes) is 2. The molecule has 0 radical (unpaired) electrons. The molecular formula is C18H21N5O3S. The molecular weight excluding hydrogens is 366 g/mol. The molecule has 27 heavy (non-hydrogen) atoms. The Hall–Kier alpha value is -2.68. The molecule has 0 saturated heterocycles. The third kappa shape index (κ3) is 4.94. The Bertz CT molecular complexity index is 998. The van der Waals surface area contributed by atoms with E-state index in [1.165, 1.54) is 11.8 Å². The van der Waals surface area contributed by atoms with Gasteiger partial charge < -0.3 is 10.3 Å². The monoisotopic (exact) mass is 387 g/mol. The number of fused-ring (bicyclic) bond motifs is 1. The van der Waals surface area contributed by atoms with Crippen molar-refractivity contribution in [2.75, 3.05) is 0 Å². The van der Waals surface area contributed by atoms with Gasteiger partial charge in [0.1, 0.15) is 0 Å². The Balaban J connectivity index is 1.80. The van der Waals surface area contributed by atoms with Gasteiger partial charge in [0, 0.05) is 13.0 Å². The SMILES string of the molecule is Cc1noc(CSc2nc3ccccc3c(=O)n2CCCCCC(N)=O)n1. The molecule has 0 aliphatic rings. The molecule has 0 aliphatic heterocycles. The lowest BCUT2D eigenvalue weighted by molar-refractivity contribution is -0.118. The van der Waals surface area contributed by atoms with E-state index in [2.05, 4.69) is 15.1 Å². The van der Waals surface area contributed by atoms with Crippen molar-refractivity contribution in [3.8, 4) is 0 Å². The van der Waals surface area contributed by atoms with Crippen molar-refractivity contribution in [2.45, 2.75) is 50.1 Å². The van der Waals surface area contributed by atoms with Crippen LogP contribution in [0.3, 0.4) is 0 Å². The van der Waals surface area contributed by atoms with Gasteiger partial charge in [-0.15, -0.1) is 0 Å². The lowest BCUT2D eigenvalue weighted by Crippen LogP contribution is -2.23. The molecule has 1 amide bonds. The van der Waals surface area contributed by atoms with Crippen LogP contribution in [0.2, 0.25) is 0 Å². The first-order chi connectivity index (χ1) is 13.0. The van der Waals surface area contributed by atoms with Crippen LogP contribution in [0.1, 0.15) is 37.4 Å². The zero-order valence-corrected chi connectivity index (χ0v) is 15.9. The highest BCUT2D eigenvalue weighted by atomic mass is 32.2. The molecule has 2 aromatic heterocycles. The van der Waals surface area contributed by atoms with Crippen LogP contribution in [0.15, 0.2) is 38.7 Å². The molecule has 0 aliphatic carbocycles. The number of para-hydroxylation sites is 1. The number of aryl methyl sites for hydroxylation is 1. The van der Waals surface area contributed by atoms with E-state index >= 15 is 0 Å². The standard InChI is InChI=1S/C18H21N5O3S/c1-12-20-16(26-22-12)11-27-18-21-14-8-5-4-7-13(14)17(25)23(18)10-6-2-3-9-15(19)24/h4-5,7-8H,2-3,6,9-11H2,1H3,(H2,19,24). The summed E-state index contributed by atoms with van der Waals surface area (Å²) < 4.78 is 6.82.